The first kappa shape index (κ1) is 7.97. The quantitative estimate of drug-likeness (QED) is 0.738. The van der Waals surface area contributed by atoms with Crippen LogP contribution in [0.2, 0.25) is 5.02 Å². The van der Waals surface area contributed by atoms with Crippen molar-refractivity contribution in [2.45, 2.75) is 13.7 Å². The standard InChI is InChI=1S/C18H17ClN2O2/c1-18(2)16(22)20(3)14-10-9-12(19)11-15(14)21(17(18)23)13-7-5-4-6-8-13/h4-11H,1-3H3/i1D3,2D3,3D3. The Morgan fingerprint density at radius 3 is 2.39 bits per heavy atom. The van der Waals surface area contributed by atoms with Gasteiger partial charge in [-0.3, -0.25) is 14.5 Å². The molecule has 1 aliphatic heterocycles. The molecule has 23 heavy (non-hydrogen) atoms. The van der Waals surface area contributed by atoms with Gasteiger partial charge in [-0.15, -0.1) is 0 Å². The molecule has 0 spiro atoms. The van der Waals surface area contributed by atoms with E-state index in [1.165, 1.54) is 36.4 Å². The van der Waals surface area contributed by atoms with Crippen LogP contribution >= 0.6 is 11.6 Å². The second-order valence-electron chi connectivity index (χ2n) is 5.00. The first-order chi connectivity index (χ1) is 14.5. The number of hydrogen-bond donors (Lipinski definition) is 0. The maximum absolute atomic E-state index is 13.8. The zero-order valence-electron chi connectivity index (χ0n) is 20.7. The molecular formula is C18H17ClN2O2. The number of fused-ring (bicyclic) bond motifs is 1. The summed E-state index contributed by atoms with van der Waals surface area (Å²) < 4.78 is 71.3. The van der Waals surface area contributed by atoms with E-state index in [0.29, 0.717) is 0 Å². The average molecular weight is 338 g/mol. The van der Waals surface area contributed by atoms with Crippen molar-refractivity contribution >= 4 is 40.5 Å². The Hall–Kier alpha value is -2.33. The number of benzene rings is 2. The van der Waals surface area contributed by atoms with Gasteiger partial charge in [-0.05, 0) is 44.0 Å². The van der Waals surface area contributed by atoms with Crippen molar-refractivity contribution < 1.29 is 21.9 Å². The molecule has 0 saturated carbocycles. The lowest BCUT2D eigenvalue weighted by molar-refractivity contribution is -0.137. The summed E-state index contributed by atoms with van der Waals surface area (Å²) in [6.07, 6.45) is 0. The van der Waals surface area contributed by atoms with Crippen molar-refractivity contribution in [1.82, 2.24) is 0 Å². The van der Waals surface area contributed by atoms with E-state index in [-0.39, 0.29) is 27.0 Å². The summed E-state index contributed by atoms with van der Waals surface area (Å²) in [7, 11) is 0. The highest BCUT2D eigenvalue weighted by Gasteiger charge is 2.46. The summed E-state index contributed by atoms with van der Waals surface area (Å²) in [6.45, 7) is -10.8. The van der Waals surface area contributed by atoms with E-state index < -0.39 is 37.9 Å². The molecular weight excluding hydrogens is 312 g/mol. The molecule has 1 aliphatic rings. The second kappa shape index (κ2) is 5.39. The van der Waals surface area contributed by atoms with Gasteiger partial charge in [0.2, 0.25) is 11.8 Å². The molecule has 0 atom stereocenters. The molecule has 0 aromatic heterocycles. The minimum atomic E-state index is -3.73. The third-order valence-corrected chi connectivity index (χ3v) is 3.72. The van der Waals surface area contributed by atoms with Gasteiger partial charge in [0, 0.05) is 30.0 Å². The normalized spacial score (nSPS) is 24.5. The largest absolute Gasteiger partial charge is 0.313 e. The van der Waals surface area contributed by atoms with Crippen LogP contribution in [0.1, 0.15) is 26.0 Å². The highest BCUT2D eigenvalue weighted by molar-refractivity contribution is 6.31. The van der Waals surface area contributed by atoms with E-state index in [0.717, 1.165) is 11.0 Å². The Morgan fingerprint density at radius 1 is 1.00 bits per heavy atom. The monoisotopic (exact) mass is 337 g/mol. The third kappa shape index (κ3) is 2.39. The van der Waals surface area contributed by atoms with Crippen molar-refractivity contribution in [1.29, 1.82) is 0 Å². The van der Waals surface area contributed by atoms with Crippen LogP contribution in [0, 0.1) is 5.41 Å². The van der Waals surface area contributed by atoms with Gasteiger partial charge < -0.3 is 4.90 Å². The molecule has 0 bridgehead atoms. The Labute approximate surface area is 152 Å². The number of halogens is 1. The van der Waals surface area contributed by atoms with Gasteiger partial charge in [0.15, 0.2) is 0 Å². The molecule has 2 amide bonds. The SMILES string of the molecule is [2H]C([2H])([2H])N1C(=O)C(C([2H])([2H])[2H])(C([2H])([2H])[2H])C(=O)N(c2ccccc2)c2cc(Cl)ccc21. The van der Waals surface area contributed by atoms with Gasteiger partial charge in [-0.2, -0.15) is 0 Å². The summed E-state index contributed by atoms with van der Waals surface area (Å²) >= 11 is 6.08. The molecule has 0 unspecified atom stereocenters. The van der Waals surface area contributed by atoms with Crippen molar-refractivity contribution in [2.75, 3.05) is 16.8 Å². The maximum atomic E-state index is 13.8. The summed E-state index contributed by atoms with van der Waals surface area (Å²) in [6, 6.07) is 10.9. The summed E-state index contributed by atoms with van der Waals surface area (Å²) in [5.74, 6) is -3.48. The molecule has 118 valence electrons. The number of amides is 2. The van der Waals surface area contributed by atoms with Gasteiger partial charge in [0.25, 0.3) is 0 Å². The van der Waals surface area contributed by atoms with E-state index in [4.69, 9.17) is 23.9 Å². The van der Waals surface area contributed by atoms with Crippen LogP contribution in [-0.4, -0.2) is 18.8 Å². The second-order valence-corrected chi connectivity index (χ2v) is 5.44. The van der Waals surface area contributed by atoms with E-state index >= 15 is 0 Å². The Balaban J connectivity index is 2.56. The predicted molar refractivity (Wildman–Crippen MR) is 92.2 cm³/mol. The van der Waals surface area contributed by atoms with Crippen molar-refractivity contribution in [2.24, 2.45) is 5.41 Å². The molecule has 2 aromatic carbocycles. The lowest BCUT2D eigenvalue weighted by Gasteiger charge is -2.28. The molecule has 0 fully saturated rings. The maximum Gasteiger partial charge on any atom is 0.246 e. The van der Waals surface area contributed by atoms with Crippen molar-refractivity contribution in [3.8, 4) is 0 Å². The van der Waals surface area contributed by atoms with Crippen LogP contribution in [0.25, 0.3) is 0 Å². The van der Waals surface area contributed by atoms with Crippen LogP contribution in [0.5, 0.6) is 0 Å². The van der Waals surface area contributed by atoms with Crippen LogP contribution in [0.4, 0.5) is 17.1 Å². The van der Waals surface area contributed by atoms with E-state index in [1.54, 1.807) is 6.07 Å². The molecule has 5 heteroatoms. The number of rotatable bonds is 1. The van der Waals surface area contributed by atoms with Crippen LogP contribution < -0.4 is 9.80 Å². The molecule has 0 N–H and O–H groups in total. The number of nitrogens with zero attached hydrogens (tertiary/aromatic N) is 2. The van der Waals surface area contributed by atoms with Gasteiger partial charge in [-0.1, -0.05) is 29.8 Å². The van der Waals surface area contributed by atoms with Crippen molar-refractivity contribution in [3.05, 3.63) is 53.6 Å². The molecule has 0 saturated heterocycles. The first-order valence-corrected chi connectivity index (χ1v) is 6.97. The zero-order valence-corrected chi connectivity index (χ0v) is 12.5. The van der Waals surface area contributed by atoms with E-state index in [2.05, 4.69) is 0 Å². The number of anilines is 3. The number of hydrogen-bond acceptors (Lipinski definition) is 2. The molecule has 0 radical (unpaired) electrons. The minimum absolute atomic E-state index is 0.0269. The third-order valence-electron chi connectivity index (χ3n) is 3.48. The topological polar surface area (TPSA) is 40.6 Å². The number of para-hydroxylation sites is 1. The van der Waals surface area contributed by atoms with E-state index in [1.807, 2.05) is 0 Å². The lowest BCUT2D eigenvalue weighted by Crippen LogP contribution is -2.46. The summed E-state index contributed by atoms with van der Waals surface area (Å²) in [5.41, 5.74) is -4.30. The van der Waals surface area contributed by atoms with Crippen LogP contribution in [0.15, 0.2) is 48.5 Å². The van der Waals surface area contributed by atoms with Gasteiger partial charge >= 0.3 is 0 Å². The molecule has 1 heterocycles. The van der Waals surface area contributed by atoms with Gasteiger partial charge in [-0.25, -0.2) is 0 Å². The fourth-order valence-corrected chi connectivity index (χ4v) is 2.51. The first-order valence-electron chi connectivity index (χ1n) is 11.1. The fourth-order valence-electron chi connectivity index (χ4n) is 2.34. The van der Waals surface area contributed by atoms with Crippen molar-refractivity contribution in [3.63, 3.8) is 0 Å². The highest BCUT2D eigenvalue weighted by atomic mass is 35.5. The zero-order chi connectivity index (χ0) is 24.3. The van der Waals surface area contributed by atoms with Gasteiger partial charge in [0.1, 0.15) is 5.41 Å². The number of carbonyl (C=O) groups excluding carboxylic acids is 2. The molecule has 3 rings (SSSR count). The van der Waals surface area contributed by atoms with Gasteiger partial charge in [0.05, 0.1) is 11.4 Å². The Morgan fingerprint density at radius 2 is 1.74 bits per heavy atom. The Kier molecular flexibility index (Phi) is 1.87. The smallest absolute Gasteiger partial charge is 0.246 e. The minimum Gasteiger partial charge on any atom is -0.313 e. The Bertz CT molecular complexity index is 1050. The average Bonchev–Trinajstić information content (AvgIpc) is 2.70. The molecule has 4 nitrogen and oxygen atoms in total. The van der Waals surface area contributed by atoms with E-state index in [9.17, 15) is 9.59 Å². The van der Waals surface area contributed by atoms with Crippen LogP contribution in [0.3, 0.4) is 0 Å². The molecule has 2 aromatic rings. The number of carbonyl (C=O) groups is 2. The highest BCUT2D eigenvalue weighted by Crippen LogP contribution is 2.43. The molecule has 0 aliphatic carbocycles. The summed E-state index contributed by atoms with van der Waals surface area (Å²) in [5, 5.41) is 0.0469. The van der Waals surface area contributed by atoms with Crippen LogP contribution in [-0.2, 0) is 9.59 Å². The predicted octanol–water partition coefficient (Wildman–Crippen LogP) is 4.01. The lowest BCUT2D eigenvalue weighted by atomic mass is 9.90. The summed E-state index contributed by atoms with van der Waals surface area (Å²) in [4.78, 5) is 28.3. The fraction of sp³-hybridized carbons (Fsp3) is 0.222.